The summed E-state index contributed by atoms with van der Waals surface area (Å²) >= 11 is 0. The Morgan fingerprint density at radius 1 is 1.17 bits per heavy atom. The van der Waals surface area contributed by atoms with Crippen LogP contribution >= 0.6 is 0 Å². The lowest BCUT2D eigenvalue weighted by molar-refractivity contribution is -0.388. The van der Waals surface area contributed by atoms with E-state index in [0.29, 0.717) is 5.57 Å². The Kier molecular flexibility index (Phi) is 10.8. The summed E-state index contributed by atoms with van der Waals surface area (Å²) in [5, 5.41) is 11.6. The Hall–Kier alpha value is -2.58. The Balaban J connectivity index is 2.68. The van der Waals surface area contributed by atoms with Crippen molar-refractivity contribution in [2.24, 2.45) is 0 Å². The van der Waals surface area contributed by atoms with Gasteiger partial charge in [0.25, 0.3) is 15.7 Å². The maximum Gasteiger partial charge on any atom is 0.410 e. The Bertz CT molecular complexity index is 1280. The molecule has 0 fully saturated rings. The van der Waals surface area contributed by atoms with Crippen molar-refractivity contribution in [3.8, 4) is 0 Å². The average molecular weight is 612 g/mol. The molecular formula is C28H45N3O8SSi. The van der Waals surface area contributed by atoms with E-state index >= 15 is 0 Å². The van der Waals surface area contributed by atoms with Crippen molar-refractivity contribution in [1.82, 2.24) is 9.37 Å². The van der Waals surface area contributed by atoms with E-state index < -0.39 is 57.6 Å². The molecule has 1 aromatic carbocycles. The summed E-state index contributed by atoms with van der Waals surface area (Å²) in [6.07, 6.45) is 0.739. The van der Waals surface area contributed by atoms with Crippen LogP contribution in [0.2, 0.25) is 18.1 Å². The molecule has 1 amide bonds. The minimum Gasteiger partial charge on any atom is -0.444 e. The molecule has 0 unspecified atom stereocenters. The zero-order valence-corrected chi connectivity index (χ0v) is 27.7. The van der Waals surface area contributed by atoms with Crippen molar-refractivity contribution in [2.75, 3.05) is 19.8 Å². The van der Waals surface area contributed by atoms with Gasteiger partial charge in [-0.15, -0.1) is 6.58 Å². The predicted molar refractivity (Wildman–Crippen MR) is 160 cm³/mol. The molecule has 1 aliphatic rings. The highest BCUT2D eigenvalue weighted by Gasteiger charge is 2.46. The second kappa shape index (κ2) is 12.7. The molecule has 230 valence electrons. The third kappa shape index (κ3) is 8.04. The minimum atomic E-state index is -4.58. The standard InChI is InChI=1S/C28H45N3O8SSi/c1-12-17-37-31(40(35,36)25-16-14-13-15-22(25)30(33)34)23-18-29(26(32)39-27(4,5)6)24(21(3)20(23)2)19-38-41(10,11)28(7,8)9/h12-16,23-24H,1,17-19H2,2-11H3/t23-,24-/m0/s1. The molecule has 13 heteroatoms. The van der Waals surface area contributed by atoms with Crippen molar-refractivity contribution in [3.63, 3.8) is 0 Å². The molecule has 0 N–H and O–H groups in total. The summed E-state index contributed by atoms with van der Waals surface area (Å²) in [5.41, 5.74) is -0.0359. The van der Waals surface area contributed by atoms with E-state index in [1.807, 2.05) is 6.92 Å². The first kappa shape index (κ1) is 34.6. The molecule has 1 heterocycles. The van der Waals surface area contributed by atoms with Gasteiger partial charge in [-0.3, -0.25) is 19.9 Å². The Labute approximate surface area is 245 Å². The number of nitro benzene ring substituents is 1. The quantitative estimate of drug-likeness (QED) is 0.135. The number of carbonyl (C=O) groups is 1. The lowest BCUT2D eigenvalue weighted by Gasteiger charge is -2.45. The van der Waals surface area contributed by atoms with Crippen molar-refractivity contribution < 1.29 is 32.1 Å². The normalized spacial score (nSPS) is 19.0. The highest BCUT2D eigenvalue weighted by atomic mass is 32.2. The van der Waals surface area contributed by atoms with Crippen molar-refractivity contribution in [2.45, 2.75) is 96.1 Å². The number of ether oxygens (including phenoxy) is 1. The van der Waals surface area contributed by atoms with Gasteiger partial charge in [0.1, 0.15) is 5.60 Å². The molecule has 0 aliphatic carbocycles. The maximum absolute atomic E-state index is 14.0. The summed E-state index contributed by atoms with van der Waals surface area (Å²) in [6, 6.07) is 3.55. The number of hydroxylamine groups is 1. The summed E-state index contributed by atoms with van der Waals surface area (Å²) in [4.78, 5) is 31.2. The maximum atomic E-state index is 14.0. The fraction of sp³-hybridized carbons (Fsp3) is 0.607. The molecule has 0 spiro atoms. The van der Waals surface area contributed by atoms with E-state index in [1.165, 1.54) is 23.1 Å². The first-order valence-electron chi connectivity index (χ1n) is 13.5. The van der Waals surface area contributed by atoms with Gasteiger partial charge < -0.3 is 9.16 Å². The van der Waals surface area contributed by atoms with Gasteiger partial charge in [0, 0.05) is 12.6 Å². The summed E-state index contributed by atoms with van der Waals surface area (Å²) in [5.74, 6) is 0. The van der Waals surface area contributed by atoms with Gasteiger partial charge in [-0.05, 0) is 70.0 Å². The summed E-state index contributed by atoms with van der Waals surface area (Å²) in [6.45, 7) is 22.9. The molecule has 0 saturated carbocycles. The van der Waals surface area contributed by atoms with Crippen molar-refractivity contribution in [3.05, 3.63) is 58.2 Å². The Morgan fingerprint density at radius 2 is 1.76 bits per heavy atom. The van der Waals surface area contributed by atoms with Crippen LogP contribution in [0.3, 0.4) is 0 Å². The van der Waals surface area contributed by atoms with Crippen LogP contribution < -0.4 is 0 Å². The second-order valence-corrected chi connectivity index (χ2v) is 19.2. The number of benzene rings is 1. The number of nitrogens with zero attached hydrogens (tertiary/aromatic N) is 3. The van der Waals surface area contributed by atoms with E-state index in [2.05, 4.69) is 40.4 Å². The zero-order chi connectivity index (χ0) is 31.6. The number of hydrogen-bond acceptors (Lipinski definition) is 8. The number of rotatable bonds is 10. The summed E-state index contributed by atoms with van der Waals surface area (Å²) < 4.78 is 40.9. The van der Waals surface area contributed by atoms with E-state index in [-0.39, 0.29) is 24.8 Å². The summed E-state index contributed by atoms with van der Waals surface area (Å²) in [7, 11) is -6.78. The molecule has 1 aromatic rings. The molecule has 2 rings (SSSR count). The Morgan fingerprint density at radius 3 is 2.27 bits per heavy atom. The van der Waals surface area contributed by atoms with Gasteiger partial charge in [-0.25, -0.2) is 13.2 Å². The fourth-order valence-corrected chi connectivity index (χ4v) is 6.67. The number of sulfonamides is 1. The van der Waals surface area contributed by atoms with Crippen LogP contribution in [0, 0.1) is 10.1 Å². The van der Waals surface area contributed by atoms with Gasteiger partial charge in [-0.2, -0.15) is 0 Å². The van der Waals surface area contributed by atoms with E-state index in [1.54, 1.807) is 27.7 Å². The third-order valence-electron chi connectivity index (χ3n) is 7.55. The molecule has 2 atom stereocenters. The topological polar surface area (TPSA) is 129 Å². The van der Waals surface area contributed by atoms with Gasteiger partial charge in [0.15, 0.2) is 13.2 Å². The monoisotopic (exact) mass is 611 g/mol. The van der Waals surface area contributed by atoms with Crippen LogP contribution in [0.25, 0.3) is 0 Å². The highest BCUT2D eigenvalue weighted by molar-refractivity contribution is 7.89. The lowest BCUT2D eigenvalue weighted by atomic mass is 9.92. The number of amides is 1. The molecule has 0 saturated heterocycles. The number of para-hydroxylation sites is 1. The van der Waals surface area contributed by atoms with Gasteiger partial charge >= 0.3 is 6.09 Å². The average Bonchev–Trinajstić information content (AvgIpc) is 2.83. The largest absolute Gasteiger partial charge is 0.444 e. The molecule has 41 heavy (non-hydrogen) atoms. The van der Waals surface area contributed by atoms with E-state index in [4.69, 9.17) is 14.0 Å². The molecule has 0 aromatic heterocycles. The van der Waals surface area contributed by atoms with Crippen LogP contribution in [0.4, 0.5) is 10.5 Å². The molecule has 0 bridgehead atoms. The smallest absolute Gasteiger partial charge is 0.410 e. The molecule has 11 nitrogen and oxygen atoms in total. The SMILES string of the molecule is C=CCON([C@H]1CN(C(=O)OC(C)(C)C)[C@@H](CO[Si](C)(C)C(C)(C)C)C(C)=C1C)S(=O)(=O)c1ccccc1[N+](=O)[O-]. The number of hydrogen-bond donors (Lipinski definition) is 0. The molecule has 1 aliphatic heterocycles. The fourth-order valence-electron chi connectivity index (χ4n) is 4.05. The van der Waals surface area contributed by atoms with E-state index in [9.17, 15) is 23.3 Å². The molecular weight excluding hydrogens is 566 g/mol. The predicted octanol–water partition coefficient (Wildman–Crippen LogP) is 6.05. The third-order valence-corrected chi connectivity index (χ3v) is 13.8. The lowest BCUT2D eigenvalue weighted by Crippen LogP contribution is -2.58. The van der Waals surface area contributed by atoms with Crippen molar-refractivity contribution >= 4 is 30.1 Å². The van der Waals surface area contributed by atoms with Gasteiger partial charge in [-0.1, -0.05) is 43.4 Å². The van der Waals surface area contributed by atoms with Gasteiger partial charge in [0.05, 0.1) is 30.2 Å². The molecule has 0 radical (unpaired) electrons. The van der Waals surface area contributed by atoms with Gasteiger partial charge in [0.2, 0.25) is 0 Å². The highest BCUT2D eigenvalue weighted by Crippen LogP contribution is 2.38. The van der Waals surface area contributed by atoms with Crippen molar-refractivity contribution in [1.29, 1.82) is 0 Å². The van der Waals surface area contributed by atoms with Crippen LogP contribution in [-0.4, -0.2) is 74.6 Å². The number of nitro groups is 1. The van der Waals surface area contributed by atoms with Crippen LogP contribution in [-0.2, 0) is 24.0 Å². The van der Waals surface area contributed by atoms with Crippen LogP contribution in [0.1, 0.15) is 55.4 Å². The first-order chi connectivity index (χ1) is 18.7. The minimum absolute atomic E-state index is 0.0680. The van der Waals surface area contributed by atoms with Crippen LogP contribution in [0.15, 0.2) is 53.0 Å². The zero-order valence-electron chi connectivity index (χ0n) is 25.9. The number of carbonyl (C=O) groups excluding carboxylic acids is 1. The second-order valence-electron chi connectivity index (χ2n) is 12.7. The van der Waals surface area contributed by atoms with E-state index in [0.717, 1.165) is 22.2 Å². The van der Waals surface area contributed by atoms with Crippen LogP contribution in [0.5, 0.6) is 0 Å². The first-order valence-corrected chi connectivity index (χ1v) is 17.8.